The summed E-state index contributed by atoms with van der Waals surface area (Å²) in [5.74, 6) is 0.601. The van der Waals surface area contributed by atoms with Crippen LogP contribution in [-0.2, 0) is 5.41 Å². The molecule has 0 saturated heterocycles. The SMILES string of the molecule is Cc1c(C(C)(C)C)sc2cnc(N)cc12. The quantitative estimate of drug-likeness (QED) is 0.738. The molecule has 0 spiro atoms. The van der Waals surface area contributed by atoms with Gasteiger partial charge in [0.05, 0.1) is 4.70 Å². The van der Waals surface area contributed by atoms with Gasteiger partial charge < -0.3 is 5.73 Å². The summed E-state index contributed by atoms with van der Waals surface area (Å²) in [4.78, 5) is 5.55. The Morgan fingerprint density at radius 3 is 2.60 bits per heavy atom. The lowest BCUT2D eigenvalue weighted by atomic mass is 9.91. The number of fused-ring (bicyclic) bond motifs is 1. The van der Waals surface area contributed by atoms with E-state index in [0.29, 0.717) is 5.82 Å². The van der Waals surface area contributed by atoms with Gasteiger partial charge in [-0.25, -0.2) is 4.98 Å². The summed E-state index contributed by atoms with van der Waals surface area (Å²) in [6.45, 7) is 8.88. The molecule has 0 atom stereocenters. The second-order valence-electron chi connectivity index (χ2n) is 4.91. The molecule has 0 fully saturated rings. The van der Waals surface area contributed by atoms with Gasteiger partial charge in [0, 0.05) is 16.5 Å². The van der Waals surface area contributed by atoms with E-state index in [0.717, 1.165) is 0 Å². The Morgan fingerprint density at radius 2 is 2.00 bits per heavy atom. The lowest BCUT2D eigenvalue weighted by Gasteiger charge is -2.17. The highest BCUT2D eigenvalue weighted by molar-refractivity contribution is 7.19. The lowest BCUT2D eigenvalue weighted by Crippen LogP contribution is -2.09. The molecule has 0 aliphatic carbocycles. The summed E-state index contributed by atoms with van der Waals surface area (Å²) in [7, 11) is 0. The number of hydrogen-bond donors (Lipinski definition) is 1. The first-order chi connectivity index (χ1) is 6.89. The van der Waals surface area contributed by atoms with Crippen molar-refractivity contribution < 1.29 is 0 Å². The van der Waals surface area contributed by atoms with Gasteiger partial charge in [0.25, 0.3) is 0 Å². The molecule has 2 nitrogen and oxygen atoms in total. The van der Waals surface area contributed by atoms with Crippen LogP contribution in [0, 0.1) is 6.92 Å². The molecule has 3 heteroatoms. The summed E-state index contributed by atoms with van der Waals surface area (Å²) in [5.41, 5.74) is 7.25. The number of anilines is 1. The number of rotatable bonds is 0. The Balaban J connectivity index is 2.76. The van der Waals surface area contributed by atoms with Gasteiger partial charge in [-0.05, 0) is 24.0 Å². The molecule has 2 aromatic rings. The predicted octanol–water partition coefficient (Wildman–Crippen LogP) is 3.48. The fourth-order valence-corrected chi connectivity index (χ4v) is 3.07. The molecule has 2 rings (SSSR count). The molecule has 15 heavy (non-hydrogen) atoms. The molecule has 0 saturated carbocycles. The summed E-state index contributed by atoms with van der Waals surface area (Å²) in [5, 5.41) is 1.25. The van der Waals surface area contributed by atoms with Crippen molar-refractivity contribution >= 4 is 27.2 Å². The summed E-state index contributed by atoms with van der Waals surface area (Å²) in [6, 6.07) is 1.97. The Morgan fingerprint density at radius 1 is 1.33 bits per heavy atom. The number of aryl methyl sites for hydroxylation is 1. The summed E-state index contributed by atoms with van der Waals surface area (Å²) < 4.78 is 1.23. The van der Waals surface area contributed by atoms with E-state index >= 15 is 0 Å². The molecule has 0 bridgehead atoms. The Labute approximate surface area is 94.1 Å². The summed E-state index contributed by atoms with van der Waals surface area (Å²) in [6.07, 6.45) is 1.87. The molecule has 0 radical (unpaired) electrons. The third kappa shape index (κ3) is 1.72. The van der Waals surface area contributed by atoms with Crippen molar-refractivity contribution in [1.82, 2.24) is 4.98 Å². The van der Waals surface area contributed by atoms with Crippen LogP contribution in [0.4, 0.5) is 5.82 Å². The molecular formula is C12H16N2S. The predicted molar refractivity (Wildman–Crippen MR) is 67.5 cm³/mol. The second kappa shape index (κ2) is 3.20. The van der Waals surface area contributed by atoms with Gasteiger partial charge in [0.1, 0.15) is 5.82 Å². The van der Waals surface area contributed by atoms with Gasteiger partial charge in [-0.15, -0.1) is 11.3 Å². The van der Waals surface area contributed by atoms with Crippen molar-refractivity contribution in [3.8, 4) is 0 Å². The van der Waals surface area contributed by atoms with E-state index in [1.54, 1.807) is 0 Å². The van der Waals surface area contributed by atoms with Crippen LogP contribution in [-0.4, -0.2) is 4.98 Å². The number of hydrogen-bond acceptors (Lipinski definition) is 3. The second-order valence-corrected chi connectivity index (χ2v) is 5.96. The standard InChI is InChI=1S/C12H16N2S/c1-7-8-5-10(13)14-6-9(8)15-11(7)12(2,3)4/h5-6H,1-4H3,(H2,13,14). The van der Waals surface area contributed by atoms with Crippen molar-refractivity contribution in [2.24, 2.45) is 0 Å². The highest BCUT2D eigenvalue weighted by Gasteiger charge is 2.20. The highest BCUT2D eigenvalue weighted by Crippen LogP contribution is 2.38. The molecule has 0 amide bonds. The summed E-state index contributed by atoms with van der Waals surface area (Å²) >= 11 is 1.82. The zero-order chi connectivity index (χ0) is 11.2. The average molecular weight is 220 g/mol. The molecule has 0 aliphatic heterocycles. The lowest BCUT2D eigenvalue weighted by molar-refractivity contribution is 0.601. The average Bonchev–Trinajstić information content (AvgIpc) is 2.43. The van der Waals surface area contributed by atoms with Crippen LogP contribution in [0.5, 0.6) is 0 Å². The van der Waals surface area contributed by atoms with Gasteiger partial charge in [-0.2, -0.15) is 0 Å². The minimum absolute atomic E-state index is 0.197. The van der Waals surface area contributed by atoms with Gasteiger partial charge in [-0.3, -0.25) is 0 Å². The fourth-order valence-electron chi connectivity index (χ4n) is 1.86. The van der Waals surface area contributed by atoms with Crippen molar-refractivity contribution in [2.45, 2.75) is 33.1 Å². The first-order valence-electron chi connectivity index (χ1n) is 5.04. The van der Waals surface area contributed by atoms with Crippen LogP contribution >= 0.6 is 11.3 Å². The zero-order valence-corrected chi connectivity index (χ0v) is 10.4. The van der Waals surface area contributed by atoms with Crippen LogP contribution in [0.1, 0.15) is 31.2 Å². The highest BCUT2D eigenvalue weighted by atomic mass is 32.1. The number of aromatic nitrogens is 1. The normalized spacial score (nSPS) is 12.3. The van der Waals surface area contributed by atoms with Crippen LogP contribution in [0.2, 0.25) is 0 Å². The van der Waals surface area contributed by atoms with Crippen LogP contribution in [0.3, 0.4) is 0 Å². The van der Waals surface area contributed by atoms with Gasteiger partial charge in [0.2, 0.25) is 0 Å². The maximum Gasteiger partial charge on any atom is 0.123 e. The molecule has 0 aliphatic rings. The zero-order valence-electron chi connectivity index (χ0n) is 9.59. The van der Waals surface area contributed by atoms with Crippen molar-refractivity contribution in [2.75, 3.05) is 5.73 Å². The fraction of sp³-hybridized carbons (Fsp3) is 0.417. The number of nitrogen functional groups attached to an aromatic ring is 1. The van der Waals surface area contributed by atoms with Crippen LogP contribution < -0.4 is 5.73 Å². The molecule has 2 heterocycles. The van der Waals surface area contributed by atoms with E-state index < -0.39 is 0 Å². The first kappa shape index (κ1) is 10.4. The third-order valence-corrected chi connectivity index (χ3v) is 4.19. The van der Waals surface area contributed by atoms with Gasteiger partial charge in [-0.1, -0.05) is 20.8 Å². The number of pyridine rings is 1. The van der Waals surface area contributed by atoms with Crippen molar-refractivity contribution in [3.63, 3.8) is 0 Å². The van der Waals surface area contributed by atoms with Crippen molar-refractivity contribution in [1.29, 1.82) is 0 Å². The van der Waals surface area contributed by atoms with Crippen molar-refractivity contribution in [3.05, 3.63) is 22.7 Å². The minimum atomic E-state index is 0.197. The molecular weight excluding hydrogens is 204 g/mol. The molecule has 2 aromatic heterocycles. The maximum atomic E-state index is 5.70. The van der Waals surface area contributed by atoms with E-state index in [1.165, 1.54) is 20.5 Å². The molecule has 0 aromatic carbocycles. The first-order valence-corrected chi connectivity index (χ1v) is 5.86. The number of nitrogens with two attached hydrogens (primary N) is 1. The molecule has 0 unspecified atom stereocenters. The van der Waals surface area contributed by atoms with Gasteiger partial charge >= 0.3 is 0 Å². The topological polar surface area (TPSA) is 38.9 Å². The monoisotopic (exact) mass is 220 g/mol. The van der Waals surface area contributed by atoms with Gasteiger partial charge in [0.15, 0.2) is 0 Å². The van der Waals surface area contributed by atoms with Crippen LogP contribution in [0.15, 0.2) is 12.3 Å². The Kier molecular flexibility index (Phi) is 2.23. The Hall–Kier alpha value is -1.09. The van der Waals surface area contributed by atoms with Crippen LogP contribution in [0.25, 0.3) is 10.1 Å². The smallest absolute Gasteiger partial charge is 0.123 e. The van der Waals surface area contributed by atoms with E-state index in [2.05, 4.69) is 32.7 Å². The van der Waals surface area contributed by atoms with E-state index in [9.17, 15) is 0 Å². The number of nitrogens with zero attached hydrogens (tertiary/aromatic N) is 1. The third-order valence-electron chi connectivity index (χ3n) is 2.53. The largest absolute Gasteiger partial charge is 0.384 e. The van der Waals surface area contributed by atoms with E-state index in [4.69, 9.17) is 5.73 Å². The molecule has 80 valence electrons. The minimum Gasteiger partial charge on any atom is -0.384 e. The Bertz CT molecular complexity index is 506. The number of thiophene rings is 1. The molecule has 2 N–H and O–H groups in total. The van der Waals surface area contributed by atoms with E-state index in [1.807, 2.05) is 23.6 Å². The van der Waals surface area contributed by atoms with E-state index in [-0.39, 0.29) is 5.41 Å². The maximum absolute atomic E-state index is 5.70.